The van der Waals surface area contributed by atoms with Crippen molar-refractivity contribution in [3.63, 3.8) is 0 Å². The normalized spacial score (nSPS) is 17.6. The van der Waals surface area contributed by atoms with E-state index in [1.165, 1.54) is 0 Å². The van der Waals surface area contributed by atoms with Gasteiger partial charge in [-0.1, -0.05) is 23.7 Å². The van der Waals surface area contributed by atoms with Crippen molar-refractivity contribution in [2.75, 3.05) is 26.2 Å². The zero-order chi connectivity index (χ0) is 14.7. The van der Waals surface area contributed by atoms with Gasteiger partial charge in [0.15, 0.2) is 0 Å². The van der Waals surface area contributed by atoms with Gasteiger partial charge in [-0.15, -0.1) is 0 Å². The van der Waals surface area contributed by atoms with Crippen molar-refractivity contribution in [3.8, 4) is 11.1 Å². The number of hydrogen-bond acceptors (Lipinski definition) is 4. The van der Waals surface area contributed by atoms with Gasteiger partial charge in [0, 0.05) is 49.2 Å². The molecular weight excluding hydrogens is 284 g/mol. The molecule has 0 saturated carbocycles. The maximum Gasteiger partial charge on any atom is 0.145 e. The lowest BCUT2D eigenvalue weighted by atomic mass is 10.1. The summed E-state index contributed by atoms with van der Waals surface area (Å²) in [6, 6.07) is 8.01. The summed E-state index contributed by atoms with van der Waals surface area (Å²) in [5, 5.41) is 4.09. The van der Waals surface area contributed by atoms with Crippen LogP contribution in [0.1, 0.15) is 18.8 Å². The number of piperazine rings is 1. The molecule has 0 aliphatic carbocycles. The summed E-state index contributed by atoms with van der Waals surface area (Å²) in [6.45, 7) is 6.32. The van der Waals surface area contributed by atoms with Crippen molar-refractivity contribution in [2.45, 2.75) is 13.0 Å². The van der Waals surface area contributed by atoms with Crippen LogP contribution in [0, 0.1) is 0 Å². The molecule has 1 atom stereocenters. The first kappa shape index (κ1) is 14.4. The molecule has 5 heteroatoms. The highest BCUT2D eigenvalue weighted by Gasteiger charge is 2.19. The van der Waals surface area contributed by atoms with Gasteiger partial charge in [0.25, 0.3) is 0 Å². The van der Waals surface area contributed by atoms with Gasteiger partial charge in [0.2, 0.25) is 0 Å². The minimum absolute atomic E-state index is 0.250. The summed E-state index contributed by atoms with van der Waals surface area (Å²) in [6.07, 6.45) is 3.76. The number of halogens is 1. The first-order chi connectivity index (χ1) is 10.2. The van der Waals surface area contributed by atoms with Crippen molar-refractivity contribution in [1.82, 2.24) is 20.2 Å². The monoisotopic (exact) mass is 302 g/mol. The number of benzene rings is 1. The quantitative estimate of drug-likeness (QED) is 0.946. The molecule has 1 aliphatic heterocycles. The molecule has 1 unspecified atom stereocenters. The molecule has 4 nitrogen and oxygen atoms in total. The summed E-state index contributed by atoms with van der Waals surface area (Å²) in [5.74, 6) is 0.877. The third-order valence-electron chi connectivity index (χ3n) is 3.90. The van der Waals surface area contributed by atoms with Crippen LogP contribution in [-0.2, 0) is 0 Å². The SMILES string of the molecule is CC(c1ncc(-c2cccc(Cl)c2)cn1)N1CCNCC1. The van der Waals surface area contributed by atoms with E-state index in [9.17, 15) is 0 Å². The van der Waals surface area contributed by atoms with Gasteiger partial charge in [0.1, 0.15) is 5.82 Å². The second kappa shape index (κ2) is 6.52. The van der Waals surface area contributed by atoms with Gasteiger partial charge in [-0.3, -0.25) is 4.90 Å². The zero-order valence-electron chi connectivity index (χ0n) is 12.1. The summed E-state index contributed by atoms with van der Waals surface area (Å²) in [7, 11) is 0. The lowest BCUT2D eigenvalue weighted by molar-refractivity contribution is 0.179. The largest absolute Gasteiger partial charge is 0.314 e. The molecule has 1 saturated heterocycles. The highest BCUT2D eigenvalue weighted by Crippen LogP contribution is 2.23. The van der Waals surface area contributed by atoms with E-state index in [0.29, 0.717) is 0 Å². The van der Waals surface area contributed by atoms with Crippen molar-refractivity contribution < 1.29 is 0 Å². The first-order valence-corrected chi connectivity index (χ1v) is 7.64. The van der Waals surface area contributed by atoms with Gasteiger partial charge < -0.3 is 5.32 Å². The van der Waals surface area contributed by atoms with Crippen LogP contribution in [-0.4, -0.2) is 41.0 Å². The smallest absolute Gasteiger partial charge is 0.145 e. The molecule has 0 radical (unpaired) electrons. The van der Waals surface area contributed by atoms with E-state index in [1.807, 2.05) is 36.7 Å². The van der Waals surface area contributed by atoms with E-state index in [2.05, 4.69) is 27.1 Å². The van der Waals surface area contributed by atoms with E-state index < -0.39 is 0 Å². The molecule has 1 aromatic carbocycles. The third kappa shape index (κ3) is 3.40. The van der Waals surface area contributed by atoms with Gasteiger partial charge in [-0.2, -0.15) is 0 Å². The van der Waals surface area contributed by atoms with Crippen molar-refractivity contribution in [2.24, 2.45) is 0 Å². The van der Waals surface area contributed by atoms with Crippen LogP contribution in [0.2, 0.25) is 5.02 Å². The van der Waals surface area contributed by atoms with Crippen molar-refractivity contribution in [3.05, 3.63) is 47.5 Å². The van der Waals surface area contributed by atoms with Gasteiger partial charge in [0.05, 0.1) is 6.04 Å². The van der Waals surface area contributed by atoms with Crippen molar-refractivity contribution in [1.29, 1.82) is 0 Å². The summed E-state index contributed by atoms with van der Waals surface area (Å²) < 4.78 is 0. The van der Waals surface area contributed by atoms with Crippen LogP contribution in [0.25, 0.3) is 11.1 Å². The lowest BCUT2D eigenvalue weighted by Crippen LogP contribution is -2.44. The predicted octanol–water partition coefficient (Wildman–Crippen LogP) is 2.76. The summed E-state index contributed by atoms with van der Waals surface area (Å²) >= 11 is 6.02. The second-order valence-electron chi connectivity index (χ2n) is 5.30. The van der Waals surface area contributed by atoms with Crippen molar-refractivity contribution >= 4 is 11.6 Å². The number of rotatable bonds is 3. The van der Waals surface area contributed by atoms with E-state index in [4.69, 9.17) is 11.6 Å². The van der Waals surface area contributed by atoms with E-state index in [1.54, 1.807) is 0 Å². The molecule has 1 aliphatic rings. The Labute approximate surface area is 130 Å². The van der Waals surface area contributed by atoms with E-state index in [0.717, 1.165) is 48.2 Å². The Hall–Kier alpha value is -1.49. The molecule has 3 rings (SSSR count). The Morgan fingerprint density at radius 1 is 1.14 bits per heavy atom. The Balaban J connectivity index is 1.77. The van der Waals surface area contributed by atoms with Crippen LogP contribution in [0.3, 0.4) is 0 Å². The van der Waals surface area contributed by atoms with Crippen LogP contribution < -0.4 is 5.32 Å². The van der Waals surface area contributed by atoms with Gasteiger partial charge in [-0.25, -0.2) is 9.97 Å². The second-order valence-corrected chi connectivity index (χ2v) is 5.74. The molecule has 0 amide bonds. The third-order valence-corrected chi connectivity index (χ3v) is 4.14. The number of aromatic nitrogens is 2. The van der Waals surface area contributed by atoms with E-state index in [-0.39, 0.29) is 6.04 Å². The Morgan fingerprint density at radius 2 is 1.86 bits per heavy atom. The molecule has 21 heavy (non-hydrogen) atoms. The van der Waals surface area contributed by atoms with Crippen LogP contribution in [0.15, 0.2) is 36.7 Å². The molecule has 1 aromatic heterocycles. The van der Waals surface area contributed by atoms with Crippen LogP contribution in [0.4, 0.5) is 0 Å². The average Bonchev–Trinajstić information content (AvgIpc) is 2.55. The molecule has 0 bridgehead atoms. The van der Waals surface area contributed by atoms with Crippen LogP contribution in [0.5, 0.6) is 0 Å². The minimum Gasteiger partial charge on any atom is -0.314 e. The Bertz CT molecular complexity index is 593. The fourth-order valence-electron chi connectivity index (χ4n) is 2.60. The molecule has 110 valence electrons. The maximum absolute atomic E-state index is 6.02. The number of nitrogens with one attached hydrogen (secondary N) is 1. The fraction of sp³-hybridized carbons (Fsp3) is 0.375. The van der Waals surface area contributed by atoms with Gasteiger partial charge >= 0.3 is 0 Å². The molecule has 2 heterocycles. The fourth-order valence-corrected chi connectivity index (χ4v) is 2.79. The van der Waals surface area contributed by atoms with E-state index >= 15 is 0 Å². The minimum atomic E-state index is 0.250. The van der Waals surface area contributed by atoms with Gasteiger partial charge in [-0.05, 0) is 24.6 Å². The predicted molar refractivity (Wildman–Crippen MR) is 85.3 cm³/mol. The molecule has 0 spiro atoms. The maximum atomic E-state index is 6.02. The lowest BCUT2D eigenvalue weighted by Gasteiger charge is -2.31. The molecular formula is C16H19ClN4. The summed E-state index contributed by atoms with van der Waals surface area (Å²) in [5.41, 5.74) is 2.04. The molecule has 1 N–H and O–H groups in total. The zero-order valence-corrected chi connectivity index (χ0v) is 12.8. The highest BCUT2D eigenvalue weighted by atomic mass is 35.5. The first-order valence-electron chi connectivity index (χ1n) is 7.27. The Morgan fingerprint density at radius 3 is 2.52 bits per heavy atom. The van der Waals surface area contributed by atoms with Crippen LogP contribution >= 0.6 is 11.6 Å². The molecule has 2 aromatic rings. The summed E-state index contributed by atoms with van der Waals surface area (Å²) in [4.78, 5) is 11.5. The highest BCUT2D eigenvalue weighted by molar-refractivity contribution is 6.30. The average molecular weight is 303 g/mol. The molecule has 1 fully saturated rings. The number of nitrogens with zero attached hydrogens (tertiary/aromatic N) is 3. The Kier molecular flexibility index (Phi) is 4.48. The topological polar surface area (TPSA) is 41.1 Å². The number of hydrogen-bond donors (Lipinski definition) is 1. The standard InChI is InChI=1S/C16H19ClN4/c1-12(21-7-5-18-6-8-21)16-19-10-14(11-20-16)13-3-2-4-15(17)9-13/h2-4,9-12,18H,5-8H2,1H3.